The Kier molecular flexibility index (Phi) is 5.45. The van der Waals surface area contributed by atoms with Gasteiger partial charge >= 0.3 is 0 Å². The molecule has 0 spiro atoms. The lowest BCUT2D eigenvalue weighted by molar-refractivity contribution is -0.131. The first kappa shape index (κ1) is 22.1. The van der Waals surface area contributed by atoms with Crippen molar-refractivity contribution in [1.82, 2.24) is 14.9 Å². The second-order valence-corrected chi connectivity index (χ2v) is 10.1. The van der Waals surface area contributed by atoms with Crippen LogP contribution >= 0.6 is 11.6 Å². The largest absolute Gasteiger partial charge is 0.338 e. The van der Waals surface area contributed by atoms with Gasteiger partial charge in [0, 0.05) is 11.6 Å². The zero-order valence-corrected chi connectivity index (χ0v) is 20.1. The van der Waals surface area contributed by atoms with Crippen molar-refractivity contribution >= 4 is 28.3 Å². The van der Waals surface area contributed by atoms with Gasteiger partial charge in [0.05, 0.1) is 29.6 Å². The van der Waals surface area contributed by atoms with Gasteiger partial charge in [0.2, 0.25) is 5.91 Å². The second-order valence-electron chi connectivity index (χ2n) is 9.67. The molecular formula is C29H26ClN3O2. The Labute approximate surface area is 208 Å². The minimum atomic E-state index is -0.269. The molecule has 1 aliphatic heterocycles. The van der Waals surface area contributed by atoms with E-state index in [1.807, 2.05) is 47.4 Å². The molecule has 1 amide bonds. The fraction of sp³-hybridized carbons (Fsp3) is 0.276. The quantitative estimate of drug-likeness (QED) is 0.435. The van der Waals surface area contributed by atoms with E-state index in [2.05, 4.69) is 29.2 Å². The van der Waals surface area contributed by atoms with E-state index in [0.29, 0.717) is 36.5 Å². The van der Waals surface area contributed by atoms with Crippen LogP contribution in [0.15, 0.2) is 71.5 Å². The number of aryl methyl sites for hydroxylation is 1. The molecule has 35 heavy (non-hydrogen) atoms. The van der Waals surface area contributed by atoms with E-state index in [0.717, 1.165) is 52.7 Å². The molecular weight excluding hydrogens is 458 g/mol. The lowest BCUT2D eigenvalue weighted by Crippen LogP contribution is -2.34. The van der Waals surface area contributed by atoms with Crippen LogP contribution in [0, 0.1) is 0 Å². The summed E-state index contributed by atoms with van der Waals surface area (Å²) in [6, 6.07) is 22.0. The Bertz CT molecular complexity index is 1500. The van der Waals surface area contributed by atoms with Crippen molar-refractivity contribution in [3.05, 3.63) is 110 Å². The lowest BCUT2D eigenvalue weighted by Gasteiger charge is -2.21. The Morgan fingerprint density at radius 1 is 1.06 bits per heavy atom. The SMILES string of the molecule is O=C(Cc1cccc2ccccc12)N1CCCc2nc(C3(c4cccc(Cl)c4)CC3)[nH]c(=O)c2C1. The van der Waals surface area contributed by atoms with Gasteiger partial charge in [0.25, 0.3) is 5.56 Å². The number of fused-ring (bicyclic) bond motifs is 2. The van der Waals surface area contributed by atoms with E-state index in [9.17, 15) is 9.59 Å². The van der Waals surface area contributed by atoms with Crippen LogP contribution in [0.2, 0.25) is 5.02 Å². The second kappa shape index (κ2) is 8.65. The number of amides is 1. The molecule has 0 unspecified atom stereocenters. The van der Waals surface area contributed by atoms with Gasteiger partial charge in [0.15, 0.2) is 0 Å². The standard InChI is InChI=1S/C29H26ClN3O2/c30-22-10-4-9-21(17-22)29(13-14-29)28-31-25-12-5-15-33(18-24(25)27(35)32-28)26(34)16-20-8-3-7-19-6-1-2-11-23(19)20/h1-4,6-11,17H,5,12-16,18H2,(H,31,32,35). The van der Waals surface area contributed by atoms with Crippen LogP contribution in [0.5, 0.6) is 0 Å². The molecule has 3 aromatic carbocycles. The fourth-order valence-corrected chi connectivity index (χ4v) is 5.55. The smallest absolute Gasteiger partial charge is 0.256 e. The molecule has 0 saturated heterocycles. The number of carbonyl (C=O) groups excluding carboxylic acids is 1. The summed E-state index contributed by atoms with van der Waals surface area (Å²) in [6.07, 6.45) is 3.66. The molecule has 6 rings (SSSR count). The highest BCUT2D eigenvalue weighted by Gasteiger charge is 2.48. The Hall–Kier alpha value is -3.44. The van der Waals surface area contributed by atoms with Crippen molar-refractivity contribution < 1.29 is 4.79 Å². The number of hydrogen-bond acceptors (Lipinski definition) is 3. The predicted octanol–water partition coefficient (Wildman–Crippen LogP) is 5.17. The molecule has 1 fully saturated rings. The Balaban J connectivity index is 1.28. The van der Waals surface area contributed by atoms with Crippen LogP contribution < -0.4 is 5.56 Å². The van der Waals surface area contributed by atoms with Gasteiger partial charge < -0.3 is 9.88 Å². The van der Waals surface area contributed by atoms with Gasteiger partial charge in [-0.1, -0.05) is 66.2 Å². The average Bonchev–Trinajstić information content (AvgIpc) is 3.69. The molecule has 5 nitrogen and oxygen atoms in total. The fourth-order valence-electron chi connectivity index (χ4n) is 5.36. The van der Waals surface area contributed by atoms with Crippen LogP contribution in [-0.4, -0.2) is 27.3 Å². The van der Waals surface area contributed by atoms with Crippen LogP contribution in [0.4, 0.5) is 0 Å². The summed E-state index contributed by atoms with van der Waals surface area (Å²) in [5.74, 6) is 0.759. The number of nitrogens with zero attached hydrogens (tertiary/aromatic N) is 2. The number of halogens is 1. The normalized spacial score (nSPS) is 16.5. The molecule has 6 heteroatoms. The zero-order chi connectivity index (χ0) is 24.0. The van der Waals surface area contributed by atoms with Crippen molar-refractivity contribution in [2.24, 2.45) is 0 Å². The molecule has 1 N–H and O–H groups in total. The lowest BCUT2D eigenvalue weighted by atomic mass is 9.94. The summed E-state index contributed by atoms with van der Waals surface area (Å²) in [7, 11) is 0. The molecule has 0 atom stereocenters. The van der Waals surface area contributed by atoms with E-state index in [1.165, 1.54) is 0 Å². The number of aromatic amines is 1. The third-order valence-corrected chi connectivity index (χ3v) is 7.68. The molecule has 1 aliphatic carbocycles. The number of H-pyrrole nitrogens is 1. The van der Waals surface area contributed by atoms with Crippen LogP contribution in [-0.2, 0) is 29.6 Å². The summed E-state index contributed by atoms with van der Waals surface area (Å²) >= 11 is 6.24. The van der Waals surface area contributed by atoms with E-state index in [-0.39, 0.29) is 16.9 Å². The maximum absolute atomic E-state index is 13.3. The van der Waals surface area contributed by atoms with Gasteiger partial charge in [-0.05, 0) is 59.7 Å². The maximum Gasteiger partial charge on any atom is 0.256 e. The Morgan fingerprint density at radius 2 is 1.86 bits per heavy atom. The monoisotopic (exact) mass is 483 g/mol. The predicted molar refractivity (Wildman–Crippen MR) is 138 cm³/mol. The van der Waals surface area contributed by atoms with Crippen molar-refractivity contribution in [1.29, 1.82) is 0 Å². The number of carbonyl (C=O) groups is 1. The molecule has 1 aromatic heterocycles. The highest BCUT2D eigenvalue weighted by Crippen LogP contribution is 2.52. The van der Waals surface area contributed by atoms with Crippen LogP contribution in [0.3, 0.4) is 0 Å². The summed E-state index contributed by atoms with van der Waals surface area (Å²) in [5, 5.41) is 2.91. The molecule has 0 bridgehead atoms. The minimum absolute atomic E-state index is 0.0373. The third kappa shape index (κ3) is 4.04. The van der Waals surface area contributed by atoms with E-state index < -0.39 is 0 Å². The molecule has 176 valence electrons. The molecule has 4 aromatic rings. The first-order valence-corrected chi connectivity index (χ1v) is 12.5. The third-order valence-electron chi connectivity index (χ3n) is 7.45. The first-order valence-electron chi connectivity index (χ1n) is 12.2. The van der Waals surface area contributed by atoms with Crippen LogP contribution in [0.1, 0.15) is 47.5 Å². The van der Waals surface area contributed by atoms with Crippen LogP contribution in [0.25, 0.3) is 10.8 Å². The van der Waals surface area contributed by atoms with Crippen molar-refractivity contribution in [3.63, 3.8) is 0 Å². The average molecular weight is 484 g/mol. The number of benzene rings is 3. The number of nitrogens with one attached hydrogen (secondary N) is 1. The van der Waals surface area contributed by atoms with E-state index in [4.69, 9.17) is 16.6 Å². The molecule has 1 saturated carbocycles. The highest BCUT2D eigenvalue weighted by molar-refractivity contribution is 6.30. The molecule has 0 radical (unpaired) electrons. The van der Waals surface area contributed by atoms with Crippen molar-refractivity contribution in [3.8, 4) is 0 Å². The van der Waals surface area contributed by atoms with E-state index in [1.54, 1.807) is 0 Å². The zero-order valence-electron chi connectivity index (χ0n) is 19.4. The Morgan fingerprint density at radius 3 is 2.69 bits per heavy atom. The minimum Gasteiger partial charge on any atom is -0.338 e. The summed E-state index contributed by atoms with van der Waals surface area (Å²) < 4.78 is 0. The maximum atomic E-state index is 13.3. The molecule has 2 aliphatic rings. The summed E-state index contributed by atoms with van der Waals surface area (Å²) in [4.78, 5) is 36.4. The molecule has 2 heterocycles. The van der Waals surface area contributed by atoms with Gasteiger partial charge in [-0.3, -0.25) is 9.59 Å². The summed E-state index contributed by atoms with van der Waals surface area (Å²) in [5.41, 5.74) is 3.13. The first-order chi connectivity index (χ1) is 17.0. The van der Waals surface area contributed by atoms with E-state index >= 15 is 0 Å². The highest BCUT2D eigenvalue weighted by atomic mass is 35.5. The van der Waals surface area contributed by atoms with Gasteiger partial charge in [-0.15, -0.1) is 0 Å². The van der Waals surface area contributed by atoms with Crippen molar-refractivity contribution in [2.75, 3.05) is 6.54 Å². The van der Waals surface area contributed by atoms with Gasteiger partial charge in [-0.2, -0.15) is 0 Å². The number of hydrogen-bond donors (Lipinski definition) is 1. The number of aromatic nitrogens is 2. The topological polar surface area (TPSA) is 66.1 Å². The van der Waals surface area contributed by atoms with Crippen molar-refractivity contribution in [2.45, 2.75) is 44.1 Å². The summed E-state index contributed by atoms with van der Waals surface area (Å²) in [6.45, 7) is 0.917. The van der Waals surface area contributed by atoms with Gasteiger partial charge in [0.1, 0.15) is 5.82 Å². The van der Waals surface area contributed by atoms with Gasteiger partial charge in [-0.25, -0.2) is 4.98 Å². The number of rotatable bonds is 4.